The minimum absolute atomic E-state index is 0.114. The highest BCUT2D eigenvalue weighted by atomic mass is 35.5. The molecule has 0 fully saturated rings. The van der Waals surface area contributed by atoms with Crippen molar-refractivity contribution in [3.05, 3.63) is 64.2 Å². The van der Waals surface area contributed by atoms with Gasteiger partial charge in [0.15, 0.2) is 0 Å². The number of methoxy groups -OCH3 is 1. The Hall–Kier alpha value is -1.55. The van der Waals surface area contributed by atoms with Crippen LogP contribution in [0.3, 0.4) is 0 Å². The van der Waals surface area contributed by atoms with Crippen LogP contribution in [0.15, 0.2) is 42.5 Å². The van der Waals surface area contributed by atoms with Gasteiger partial charge in [-0.25, -0.2) is 0 Å². The summed E-state index contributed by atoms with van der Waals surface area (Å²) in [6.07, 6.45) is 1.87. The van der Waals surface area contributed by atoms with Gasteiger partial charge in [-0.05, 0) is 54.7 Å². The van der Waals surface area contributed by atoms with Gasteiger partial charge in [0, 0.05) is 11.1 Å². The van der Waals surface area contributed by atoms with Crippen molar-refractivity contribution in [2.45, 2.75) is 25.8 Å². The van der Waals surface area contributed by atoms with Gasteiger partial charge in [0.1, 0.15) is 5.75 Å². The van der Waals surface area contributed by atoms with E-state index in [9.17, 15) is 0 Å². The van der Waals surface area contributed by atoms with Crippen LogP contribution in [0.25, 0.3) is 0 Å². The summed E-state index contributed by atoms with van der Waals surface area (Å²) in [6.45, 7) is 2.00. The van der Waals surface area contributed by atoms with Gasteiger partial charge in [0.2, 0.25) is 0 Å². The highest BCUT2D eigenvalue weighted by molar-refractivity contribution is 6.31. The van der Waals surface area contributed by atoms with Crippen LogP contribution in [0, 0.1) is 6.92 Å². The van der Waals surface area contributed by atoms with E-state index in [0.29, 0.717) is 0 Å². The Morgan fingerprint density at radius 3 is 2.48 bits per heavy atom. The molecule has 3 N–H and O–H groups in total. The fraction of sp³-hybridized carbons (Fsp3) is 0.294. The summed E-state index contributed by atoms with van der Waals surface area (Å²) in [5.74, 6) is 6.58. The summed E-state index contributed by atoms with van der Waals surface area (Å²) in [5.41, 5.74) is 6.38. The van der Waals surface area contributed by atoms with Crippen LogP contribution in [0.2, 0.25) is 5.02 Å². The summed E-state index contributed by atoms with van der Waals surface area (Å²) in [6, 6.07) is 14.3. The zero-order valence-electron chi connectivity index (χ0n) is 12.4. The molecule has 1 unspecified atom stereocenters. The SMILES string of the molecule is COc1ccc(CCC(NN)c2ccc(Cl)c(C)c2)cc1. The third kappa shape index (κ3) is 4.21. The molecule has 4 heteroatoms. The summed E-state index contributed by atoms with van der Waals surface area (Å²) in [7, 11) is 1.67. The second-order valence-electron chi connectivity index (χ2n) is 5.11. The van der Waals surface area contributed by atoms with E-state index in [2.05, 4.69) is 23.6 Å². The number of aryl methyl sites for hydroxylation is 2. The van der Waals surface area contributed by atoms with Gasteiger partial charge in [-0.3, -0.25) is 11.3 Å². The molecule has 0 saturated heterocycles. The quantitative estimate of drug-likeness (QED) is 0.630. The molecule has 2 aromatic rings. The monoisotopic (exact) mass is 304 g/mol. The van der Waals surface area contributed by atoms with Gasteiger partial charge in [-0.15, -0.1) is 0 Å². The Labute approximate surface area is 131 Å². The summed E-state index contributed by atoms with van der Waals surface area (Å²) in [5, 5.41) is 0.782. The van der Waals surface area contributed by atoms with Crippen LogP contribution >= 0.6 is 11.6 Å². The van der Waals surface area contributed by atoms with Gasteiger partial charge >= 0.3 is 0 Å². The minimum Gasteiger partial charge on any atom is -0.497 e. The number of benzene rings is 2. The molecule has 1 atom stereocenters. The molecule has 3 nitrogen and oxygen atoms in total. The average molecular weight is 305 g/mol. The predicted octanol–water partition coefficient (Wildman–Crippen LogP) is 3.79. The van der Waals surface area contributed by atoms with Crippen molar-refractivity contribution in [2.75, 3.05) is 7.11 Å². The zero-order valence-corrected chi connectivity index (χ0v) is 13.2. The van der Waals surface area contributed by atoms with Crippen molar-refractivity contribution < 1.29 is 4.74 Å². The predicted molar refractivity (Wildman–Crippen MR) is 87.6 cm³/mol. The van der Waals surface area contributed by atoms with Crippen molar-refractivity contribution in [2.24, 2.45) is 5.84 Å². The number of rotatable bonds is 6. The van der Waals surface area contributed by atoms with Crippen LogP contribution in [0.4, 0.5) is 0 Å². The molecule has 0 heterocycles. The molecule has 112 valence electrons. The Balaban J connectivity index is 2.02. The van der Waals surface area contributed by atoms with Gasteiger partial charge < -0.3 is 4.74 Å². The number of hydrazine groups is 1. The molecule has 0 radical (unpaired) electrons. The van der Waals surface area contributed by atoms with E-state index in [1.54, 1.807) is 7.11 Å². The Kier molecular flexibility index (Phi) is 5.62. The summed E-state index contributed by atoms with van der Waals surface area (Å²) >= 11 is 6.07. The molecule has 21 heavy (non-hydrogen) atoms. The smallest absolute Gasteiger partial charge is 0.118 e. The molecule has 0 aromatic heterocycles. The molecule has 2 rings (SSSR count). The lowest BCUT2D eigenvalue weighted by Crippen LogP contribution is -2.28. The van der Waals surface area contributed by atoms with Crippen LogP contribution < -0.4 is 16.0 Å². The lowest BCUT2D eigenvalue weighted by molar-refractivity contribution is 0.414. The molecule has 0 amide bonds. The van der Waals surface area contributed by atoms with Gasteiger partial charge in [0.25, 0.3) is 0 Å². The topological polar surface area (TPSA) is 47.3 Å². The molecular formula is C17H21ClN2O. The van der Waals surface area contributed by atoms with E-state index in [1.807, 2.05) is 31.2 Å². The van der Waals surface area contributed by atoms with Gasteiger partial charge in [0.05, 0.1) is 7.11 Å². The van der Waals surface area contributed by atoms with Crippen molar-refractivity contribution in [3.63, 3.8) is 0 Å². The number of ether oxygens (including phenoxy) is 1. The fourth-order valence-electron chi connectivity index (χ4n) is 2.33. The van der Waals surface area contributed by atoms with Crippen molar-refractivity contribution in [3.8, 4) is 5.75 Å². The van der Waals surface area contributed by atoms with Crippen LogP contribution in [-0.2, 0) is 6.42 Å². The first-order valence-corrected chi connectivity index (χ1v) is 7.37. The lowest BCUT2D eigenvalue weighted by Gasteiger charge is -2.17. The maximum Gasteiger partial charge on any atom is 0.118 e. The maximum atomic E-state index is 6.07. The highest BCUT2D eigenvalue weighted by Gasteiger charge is 2.11. The lowest BCUT2D eigenvalue weighted by atomic mass is 9.98. The maximum absolute atomic E-state index is 6.07. The second kappa shape index (κ2) is 7.46. The molecule has 0 spiro atoms. The summed E-state index contributed by atoms with van der Waals surface area (Å²) < 4.78 is 5.16. The van der Waals surface area contributed by atoms with Gasteiger partial charge in [-0.1, -0.05) is 35.9 Å². The van der Waals surface area contributed by atoms with Crippen molar-refractivity contribution in [1.29, 1.82) is 0 Å². The fourth-order valence-corrected chi connectivity index (χ4v) is 2.45. The molecule has 0 aliphatic rings. The third-order valence-electron chi connectivity index (χ3n) is 3.67. The molecular weight excluding hydrogens is 284 g/mol. The second-order valence-corrected chi connectivity index (χ2v) is 5.52. The zero-order chi connectivity index (χ0) is 15.2. The standard InChI is InChI=1S/C17H21ClN2O/c1-12-11-14(6-9-16(12)18)17(20-19)10-5-13-3-7-15(21-2)8-4-13/h3-4,6-9,11,17,20H,5,10,19H2,1-2H3. The Morgan fingerprint density at radius 1 is 1.19 bits per heavy atom. The van der Waals surface area contributed by atoms with E-state index in [4.69, 9.17) is 22.2 Å². The normalized spacial score (nSPS) is 12.2. The molecule has 0 bridgehead atoms. The highest BCUT2D eigenvalue weighted by Crippen LogP contribution is 2.24. The van der Waals surface area contributed by atoms with Crippen molar-refractivity contribution >= 4 is 11.6 Å². The van der Waals surface area contributed by atoms with Crippen LogP contribution in [0.5, 0.6) is 5.75 Å². The van der Waals surface area contributed by atoms with Crippen LogP contribution in [0.1, 0.15) is 29.2 Å². The summed E-state index contributed by atoms with van der Waals surface area (Å²) in [4.78, 5) is 0. The molecule has 0 aliphatic carbocycles. The van der Waals surface area contributed by atoms with Crippen molar-refractivity contribution in [1.82, 2.24) is 5.43 Å². The first-order valence-electron chi connectivity index (χ1n) is 6.99. The van der Waals surface area contributed by atoms with Gasteiger partial charge in [-0.2, -0.15) is 0 Å². The Bertz CT molecular complexity index is 584. The number of nitrogens with two attached hydrogens (primary N) is 1. The number of hydrogen-bond acceptors (Lipinski definition) is 3. The number of hydrogen-bond donors (Lipinski definition) is 2. The minimum atomic E-state index is 0.114. The van der Waals surface area contributed by atoms with Crippen LogP contribution in [-0.4, -0.2) is 7.11 Å². The van der Waals surface area contributed by atoms with E-state index < -0.39 is 0 Å². The molecule has 0 aliphatic heterocycles. The number of halogens is 1. The third-order valence-corrected chi connectivity index (χ3v) is 4.09. The largest absolute Gasteiger partial charge is 0.497 e. The van der Waals surface area contributed by atoms with E-state index >= 15 is 0 Å². The first kappa shape index (κ1) is 15.8. The molecule has 2 aromatic carbocycles. The number of nitrogens with one attached hydrogen (secondary N) is 1. The van der Waals surface area contributed by atoms with E-state index in [-0.39, 0.29) is 6.04 Å². The first-order chi connectivity index (χ1) is 10.1. The Morgan fingerprint density at radius 2 is 1.90 bits per heavy atom. The average Bonchev–Trinajstić information content (AvgIpc) is 2.52. The van der Waals surface area contributed by atoms with E-state index in [0.717, 1.165) is 34.7 Å². The van der Waals surface area contributed by atoms with E-state index in [1.165, 1.54) is 5.56 Å². The molecule has 0 saturated carbocycles.